The molecule has 0 radical (unpaired) electrons. The van der Waals surface area contributed by atoms with E-state index in [0.717, 1.165) is 0 Å². The van der Waals surface area contributed by atoms with E-state index in [2.05, 4.69) is 5.32 Å². The number of rotatable bonds is 7. The highest BCUT2D eigenvalue weighted by molar-refractivity contribution is 7.98. The summed E-state index contributed by atoms with van der Waals surface area (Å²) in [6.07, 6.45) is 1.81. The summed E-state index contributed by atoms with van der Waals surface area (Å²) in [6.45, 7) is 2.68. The summed E-state index contributed by atoms with van der Waals surface area (Å²) < 4.78 is 5.10. The molecule has 0 aliphatic carbocycles. The van der Waals surface area contributed by atoms with E-state index >= 15 is 0 Å². The molecule has 1 aromatic carbocycles. The van der Waals surface area contributed by atoms with Crippen LogP contribution >= 0.6 is 11.8 Å². The third-order valence-electron chi connectivity index (χ3n) is 2.96. The Balaban J connectivity index is 3.14. The van der Waals surface area contributed by atoms with E-state index in [1.54, 1.807) is 0 Å². The third-order valence-corrected chi connectivity index (χ3v) is 3.72. The number of amides is 1. The lowest BCUT2D eigenvalue weighted by molar-refractivity contribution is -0.385. The molecule has 0 fully saturated rings. The molecule has 1 atom stereocenters. The molecule has 21 heavy (non-hydrogen) atoms. The summed E-state index contributed by atoms with van der Waals surface area (Å²) in [5, 5.41) is 13.8. The summed E-state index contributed by atoms with van der Waals surface area (Å²) >= 11 is 1.35. The highest BCUT2D eigenvalue weighted by atomic mass is 32.2. The number of nitro benzene ring substituents is 1. The molecule has 7 nitrogen and oxygen atoms in total. The SMILES string of the molecule is COc1cc([N+](=O)[O-])c(C(=O)NCC(C)CN)cc1SC. The van der Waals surface area contributed by atoms with Crippen molar-refractivity contribution >= 4 is 23.4 Å². The van der Waals surface area contributed by atoms with Crippen molar-refractivity contribution in [2.45, 2.75) is 11.8 Å². The predicted octanol–water partition coefficient (Wildman–Crippen LogP) is 1.65. The average molecular weight is 313 g/mol. The number of methoxy groups -OCH3 is 1. The molecule has 0 saturated heterocycles. The van der Waals surface area contributed by atoms with Crippen molar-refractivity contribution in [2.24, 2.45) is 11.7 Å². The highest BCUT2D eigenvalue weighted by Crippen LogP contribution is 2.34. The van der Waals surface area contributed by atoms with Gasteiger partial charge in [-0.1, -0.05) is 6.92 Å². The Morgan fingerprint density at radius 3 is 2.71 bits per heavy atom. The number of thioether (sulfide) groups is 1. The van der Waals surface area contributed by atoms with Crippen molar-refractivity contribution in [2.75, 3.05) is 26.5 Å². The second kappa shape index (κ2) is 7.84. The topological polar surface area (TPSA) is 107 Å². The van der Waals surface area contributed by atoms with Gasteiger partial charge in [0.05, 0.1) is 23.0 Å². The van der Waals surface area contributed by atoms with Gasteiger partial charge in [0.2, 0.25) is 0 Å². The van der Waals surface area contributed by atoms with Crippen LogP contribution in [0, 0.1) is 16.0 Å². The Labute approximate surface area is 127 Å². The van der Waals surface area contributed by atoms with Gasteiger partial charge in [0.1, 0.15) is 11.3 Å². The summed E-state index contributed by atoms with van der Waals surface area (Å²) in [5.41, 5.74) is 5.23. The van der Waals surface area contributed by atoms with Gasteiger partial charge < -0.3 is 15.8 Å². The number of ether oxygens (including phenoxy) is 1. The summed E-state index contributed by atoms with van der Waals surface area (Å²) in [7, 11) is 1.43. The van der Waals surface area contributed by atoms with Gasteiger partial charge in [0.15, 0.2) is 0 Å². The first kappa shape index (κ1) is 17.3. The van der Waals surface area contributed by atoms with Crippen molar-refractivity contribution in [1.29, 1.82) is 0 Å². The van der Waals surface area contributed by atoms with E-state index < -0.39 is 10.8 Å². The Kier molecular flexibility index (Phi) is 6.44. The molecule has 3 N–H and O–H groups in total. The van der Waals surface area contributed by atoms with Crippen LogP contribution in [0.5, 0.6) is 5.75 Å². The molecular formula is C13H19N3O4S. The molecular weight excluding hydrogens is 294 g/mol. The molecule has 0 aromatic heterocycles. The van der Waals surface area contributed by atoms with Crippen LogP contribution in [-0.4, -0.2) is 37.3 Å². The van der Waals surface area contributed by atoms with E-state index in [-0.39, 0.29) is 17.2 Å². The molecule has 0 spiro atoms. The van der Waals surface area contributed by atoms with Gasteiger partial charge in [-0.25, -0.2) is 0 Å². The summed E-state index contributed by atoms with van der Waals surface area (Å²) in [4.78, 5) is 23.4. The largest absolute Gasteiger partial charge is 0.495 e. The number of nitrogens with zero attached hydrogens (tertiary/aromatic N) is 1. The number of nitrogens with two attached hydrogens (primary N) is 1. The van der Waals surface area contributed by atoms with Gasteiger partial charge in [-0.2, -0.15) is 0 Å². The second-order valence-corrected chi connectivity index (χ2v) is 5.38. The fourth-order valence-electron chi connectivity index (χ4n) is 1.65. The Bertz CT molecular complexity index is 536. The molecule has 1 aromatic rings. The first-order valence-corrected chi connectivity index (χ1v) is 7.55. The van der Waals surface area contributed by atoms with Gasteiger partial charge in [-0.3, -0.25) is 14.9 Å². The first-order valence-electron chi connectivity index (χ1n) is 6.33. The van der Waals surface area contributed by atoms with Gasteiger partial charge >= 0.3 is 0 Å². The van der Waals surface area contributed by atoms with Crippen molar-refractivity contribution in [1.82, 2.24) is 5.32 Å². The molecule has 8 heteroatoms. The second-order valence-electron chi connectivity index (χ2n) is 4.53. The monoisotopic (exact) mass is 313 g/mol. The molecule has 0 aliphatic heterocycles. The van der Waals surface area contributed by atoms with Crippen LogP contribution in [0.15, 0.2) is 17.0 Å². The molecule has 0 saturated carbocycles. The number of hydrogen-bond acceptors (Lipinski definition) is 6. The molecule has 1 rings (SSSR count). The van der Waals surface area contributed by atoms with E-state index in [4.69, 9.17) is 10.5 Å². The van der Waals surface area contributed by atoms with Gasteiger partial charge in [-0.05, 0) is 24.8 Å². The van der Waals surface area contributed by atoms with E-state index in [1.165, 1.54) is 31.0 Å². The number of carbonyl (C=O) groups is 1. The fourth-order valence-corrected chi connectivity index (χ4v) is 2.23. The lowest BCUT2D eigenvalue weighted by Gasteiger charge is -2.12. The van der Waals surface area contributed by atoms with Crippen LogP contribution in [0.3, 0.4) is 0 Å². The van der Waals surface area contributed by atoms with Crippen LogP contribution in [-0.2, 0) is 0 Å². The smallest absolute Gasteiger partial charge is 0.285 e. The number of hydrogen-bond donors (Lipinski definition) is 2. The third kappa shape index (κ3) is 4.33. The Morgan fingerprint density at radius 1 is 1.57 bits per heavy atom. The molecule has 0 bridgehead atoms. The van der Waals surface area contributed by atoms with Crippen LogP contribution in [0.25, 0.3) is 0 Å². The standard InChI is InChI=1S/C13H19N3O4S/c1-8(6-14)7-15-13(17)9-4-12(21-3)11(20-2)5-10(9)16(18)19/h4-5,8H,6-7,14H2,1-3H3,(H,15,17). The minimum Gasteiger partial charge on any atom is -0.495 e. The minimum absolute atomic E-state index is 0.0226. The maximum Gasteiger partial charge on any atom is 0.285 e. The van der Waals surface area contributed by atoms with Crippen LogP contribution in [0.2, 0.25) is 0 Å². The van der Waals surface area contributed by atoms with E-state index in [0.29, 0.717) is 23.7 Å². The summed E-state index contributed by atoms with van der Waals surface area (Å²) in [5.74, 6) is -0.00713. The van der Waals surface area contributed by atoms with Crippen molar-refractivity contribution in [3.8, 4) is 5.75 Å². The van der Waals surface area contributed by atoms with E-state index in [1.807, 2.05) is 13.2 Å². The van der Waals surface area contributed by atoms with E-state index in [9.17, 15) is 14.9 Å². The van der Waals surface area contributed by atoms with Gasteiger partial charge in [0.25, 0.3) is 11.6 Å². The first-order chi connectivity index (χ1) is 9.94. The number of nitro groups is 1. The maximum absolute atomic E-state index is 12.2. The summed E-state index contributed by atoms with van der Waals surface area (Å²) in [6, 6.07) is 2.75. The lowest BCUT2D eigenvalue weighted by Crippen LogP contribution is -2.31. The van der Waals surface area contributed by atoms with Crippen molar-refractivity contribution in [3.05, 3.63) is 27.8 Å². The minimum atomic E-state index is -0.589. The number of nitrogens with one attached hydrogen (secondary N) is 1. The Hall–Kier alpha value is -1.80. The molecule has 1 amide bonds. The highest BCUT2D eigenvalue weighted by Gasteiger charge is 2.23. The fraction of sp³-hybridized carbons (Fsp3) is 0.462. The molecule has 116 valence electrons. The maximum atomic E-state index is 12.2. The van der Waals surface area contributed by atoms with Crippen molar-refractivity contribution < 1.29 is 14.5 Å². The molecule has 0 heterocycles. The predicted molar refractivity (Wildman–Crippen MR) is 82.0 cm³/mol. The quantitative estimate of drug-likeness (QED) is 0.450. The molecule has 1 unspecified atom stereocenters. The normalized spacial score (nSPS) is 11.8. The number of benzene rings is 1. The van der Waals surface area contributed by atoms with Gasteiger partial charge in [0, 0.05) is 6.54 Å². The molecule has 0 aliphatic rings. The lowest BCUT2D eigenvalue weighted by atomic mass is 10.1. The zero-order valence-corrected chi connectivity index (χ0v) is 13.0. The van der Waals surface area contributed by atoms with Crippen LogP contribution in [0.4, 0.5) is 5.69 Å². The zero-order chi connectivity index (χ0) is 16.0. The average Bonchev–Trinajstić information content (AvgIpc) is 2.50. The van der Waals surface area contributed by atoms with Gasteiger partial charge in [-0.15, -0.1) is 11.8 Å². The van der Waals surface area contributed by atoms with Crippen LogP contribution < -0.4 is 15.8 Å². The van der Waals surface area contributed by atoms with Crippen LogP contribution in [0.1, 0.15) is 17.3 Å². The Morgan fingerprint density at radius 2 is 2.24 bits per heavy atom. The zero-order valence-electron chi connectivity index (χ0n) is 12.2. The van der Waals surface area contributed by atoms with Crippen molar-refractivity contribution in [3.63, 3.8) is 0 Å². The number of carbonyl (C=O) groups excluding carboxylic acids is 1.